The lowest BCUT2D eigenvalue weighted by molar-refractivity contribution is 0.417. The molecule has 15 heavy (non-hydrogen) atoms. The van der Waals surface area contributed by atoms with E-state index in [0.717, 1.165) is 22.7 Å². The average molecular weight is 287 g/mol. The molecule has 2 heterocycles. The van der Waals surface area contributed by atoms with Gasteiger partial charge in [0.15, 0.2) is 4.67 Å². The van der Waals surface area contributed by atoms with Gasteiger partial charge in [-0.2, -0.15) is 0 Å². The molecule has 80 valence electrons. The molecule has 0 saturated heterocycles. The Hall–Kier alpha value is -0.650. The van der Waals surface area contributed by atoms with Gasteiger partial charge in [-0.25, -0.2) is 4.98 Å². The molecule has 0 aliphatic heterocycles. The lowest BCUT2D eigenvalue weighted by atomic mass is 10.2. The lowest BCUT2D eigenvalue weighted by Gasteiger charge is -2.09. The molecule has 0 spiro atoms. The van der Waals surface area contributed by atoms with Crippen molar-refractivity contribution in [1.29, 1.82) is 0 Å². The first-order chi connectivity index (χ1) is 7.25. The Bertz CT molecular complexity index is 413. The van der Waals surface area contributed by atoms with Gasteiger partial charge in [-0.15, -0.1) is 11.3 Å². The third kappa shape index (κ3) is 2.90. The second-order valence-corrected chi connectivity index (χ2v) is 4.72. The number of hydrogen-bond acceptors (Lipinski definition) is 4. The number of aromatic nitrogens is 1. The summed E-state index contributed by atoms with van der Waals surface area (Å²) >= 11 is 4.89. The molecule has 0 aliphatic rings. The number of thiazole rings is 1. The van der Waals surface area contributed by atoms with E-state index < -0.39 is 0 Å². The van der Waals surface area contributed by atoms with Crippen molar-refractivity contribution in [2.24, 2.45) is 0 Å². The molecule has 0 fully saturated rings. The van der Waals surface area contributed by atoms with Crippen LogP contribution in [0.1, 0.15) is 24.4 Å². The molecule has 0 aromatic carbocycles. The number of hydrogen-bond donors (Lipinski definition) is 1. The summed E-state index contributed by atoms with van der Waals surface area (Å²) in [7, 11) is 0. The molecule has 2 aromatic rings. The number of halogens is 1. The van der Waals surface area contributed by atoms with Crippen LogP contribution in [0.2, 0.25) is 0 Å². The van der Waals surface area contributed by atoms with Gasteiger partial charge in [0, 0.05) is 11.9 Å². The van der Waals surface area contributed by atoms with Gasteiger partial charge in [-0.05, 0) is 35.0 Å². The lowest BCUT2D eigenvalue weighted by Crippen LogP contribution is -2.17. The number of rotatable bonds is 4. The Labute approximate surface area is 101 Å². The SMILES string of the molecule is CC(NCc1cscn1)c1ccc(Br)o1. The second kappa shape index (κ2) is 4.92. The maximum absolute atomic E-state index is 5.45. The molecule has 1 unspecified atom stereocenters. The van der Waals surface area contributed by atoms with Crippen molar-refractivity contribution in [3.05, 3.63) is 39.1 Å². The number of furan rings is 1. The minimum absolute atomic E-state index is 0.193. The van der Waals surface area contributed by atoms with Crippen LogP contribution in [0.5, 0.6) is 0 Å². The summed E-state index contributed by atoms with van der Waals surface area (Å²) < 4.78 is 6.22. The molecule has 0 saturated carbocycles. The molecule has 5 heteroatoms. The summed E-state index contributed by atoms with van der Waals surface area (Å²) in [6.45, 7) is 2.83. The standard InChI is InChI=1S/C10H11BrN2OS/c1-7(9-2-3-10(11)14-9)12-4-8-5-15-6-13-8/h2-3,5-7,12H,4H2,1H3. The molecule has 0 radical (unpaired) electrons. The molecular weight excluding hydrogens is 276 g/mol. The molecule has 2 aromatic heterocycles. The fourth-order valence-electron chi connectivity index (χ4n) is 1.24. The topological polar surface area (TPSA) is 38.1 Å². The van der Waals surface area contributed by atoms with E-state index in [1.165, 1.54) is 0 Å². The normalized spacial score (nSPS) is 12.9. The molecule has 0 aliphatic carbocycles. The van der Waals surface area contributed by atoms with Crippen LogP contribution in [0.25, 0.3) is 0 Å². The third-order valence-electron chi connectivity index (χ3n) is 2.09. The van der Waals surface area contributed by atoms with Gasteiger partial charge in [-0.3, -0.25) is 0 Å². The zero-order valence-electron chi connectivity index (χ0n) is 8.24. The van der Waals surface area contributed by atoms with Crippen molar-refractivity contribution < 1.29 is 4.42 Å². The van der Waals surface area contributed by atoms with Gasteiger partial charge in [-0.1, -0.05) is 0 Å². The van der Waals surface area contributed by atoms with Crippen LogP contribution >= 0.6 is 27.3 Å². The van der Waals surface area contributed by atoms with Crippen LogP contribution in [0.3, 0.4) is 0 Å². The van der Waals surface area contributed by atoms with E-state index in [2.05, 4.69) is 33.2 Å². The maximum atomic E-state index is 5.45. The van der Waals surface area contributed by atoms with Crippen LogP contribution in [0.4, 0.5) is 0 Å². The summed E-state index contributed by atoms with van der Waals surface area (Å²) in [5, 5.41) is 5.38. The maximum Gasteiger partial charge on any atom is 0.169 e. The van der Waals surface area contributed by atoms with E-state index in [9.17, 15) is 0 Å². The highest BCUT2D eigenvalue weighted by atomic mass is 79.9. The molecule has 1 atom stereocenters. The van der Waals surface area contributed by atoms with Gasteiger partial charge in [0.1, 0.15) is 5.76 Å². The Morgan fingerprint density at radius 3 is 3.07 bits per heavy atom. The largest absolute Gasteiger partial charge is 0.453 e. The Morgan fingerprint density at radius 2 is 2.47 bits per heavy atom. The zero-order valence-corrected chi connectivity index (χ0v) is 10.6. The summed E-state index contributed by atoms with van der Waals surface area (Å²) in [6, 6.07) is 4.05. The van der Waals surface area contributed by atoms with E-state index in [1.807, 2.05) is 23.0 Å². The van der Waals surface area contributed by atoms with Crippen LogP contribution in [0.15, 0.2) is 32.1 Å². The van der Waals surface area contributed by atoms with Crippen LogP contribution < -0.4 is 5.32 Å². The molecule has 2 rings (SSSR count). The van der Waals surface area contributed by atoms with E-state index in [-0.39, 0.29) is 6.04 Å². The fraction of sp³-hybridized carbons (Fsp3) is 0.300. The minimum Gasteiger partial charge on any atom is -0.453 e. The highest BCUT2D eigenvalue weighted by Gasteiger charge is 2.09. The van der Waals surface area contributed by atoms with Gasteiger partial charge in [0.2, 0.25) is 0 Å². The van der Waals surface area contributed by atoms with Crippen molar-refractivity contribution in [3.8, 4) is 0 Å². The van der Waals surface area contributed by atoms with Gasteiger partial charge in [0.05, 0.1) is 17.2 Å². The summed E-state index contributed by atoms with van der Waals surface area (Å²) in [6.07, 6.45) is 0. The molecule has 0 bridgehead atoms. The average Bonchev–Trinajstić information content (AvgIpc) is 2.84. The van der Waals surface area contributed by atoms with Crippen molar-refractivity contribution in [2.45, 2.75) is 19.5 Å². The first-order valence-corrected chi connectivity index (χ1v) is 6.35. The zero-order chi connectivity index (χ0) is 10.7. The van der Waals surface area contributed by atoms with E-state index in [4.69, 9.17) is 4.42 Å². The summed E-state index contributed by atoms with van der Waals surface area (Å²) in [4.78, 5) is 4.20. The first kappa shape index (κ1) is 10.9. The van der Waals surface area contributed by atoms with Crippen LogP contribution in [-0.4, -0.2) is 4.98 Å². The second-order valence-electron chi connectivity index (χ2n) is 3.22. The first-order valence-electron chi connectivity index (χ1n) is 4.61. The van der Waals surface area contributed by atoms with E-state index in [0.29, 0.717) is 0 Å². The Morgan fingerprint density at radius 1 is 1.60 bits per heavy atom. The smallest absolute Gasteiger partial charge is 0.169 e. The molecule has 1 N–H and O–H groups in total. The summed E-state index contributed by atoms with van der Waals surface area (Å²) in [5.74, 6) is 0.928. The summed E-state index contributed by atoms with van der Waals surface area (Å²) in [5.41, 5.74) is 2.91. The highest BCUT2D eigenvalue weighted by Crippen LogP contribution is 2.20. The van der Waals surface area contributed by atoms with Crippen molar-refractivity contribution in [2.75, 3.05) is 0 Å². The van der Waals surface area contributed by atoms with Crippen LogP contribution in [0, 0.1) is 0 Å². The van der Waals surface area contributed by atoms with Gasteiger partial charge in [0.25, 0.3) is 0 Å². The molecule has 3 nitrogen and oxygen atoms in total. The van der Waals surface area contributed by atoms with Crippen molar-refractivity contribution in [3.63, 3.8) is 0 Å². The third-order valence-corrected chi connectivity index (χ3v) is 3.16. The van der Waals surface area contributed by atoms with E-state index in [1.54, 1.807) is 11.3 Å². The number of nitrogens with one attached hydrogen (secondary N) is 1. The fourth-order valence-corrected chi connectivity index (χ4v) is 2.12. The van der Waals surface area contributed by atoms with Gasteiger partial charge < -0.3 is 9.73 Å². The Balaban J connectivity index is 1.90. The Kier molecular flexibility index (Phi) is 3.56. The number of nitrogens with zero attached hydrogens (tertiary/aromatic N) is 1. The van der Waals surface area contributed by atoms with E-state index >= 15 is 0 Å². The van der Waals surface area contributed by atoms with Gasteiger partial charge >= 0.3 is 0 Å². The predicted octanol–water partition coefficient (Wildman–Crippen LogP) is 3.35. The quantitative estimate of drug-likeness (QED) is 0.937. The minimum atomic E-state index is 0.193. The highest BCUT2D eigenvalue weighted by molar-refractivity contribution is 9.10. The molecular formula is C10H11BrN2OS. The predicted molar refractivity (Wildman–Crippen MR) is 63.8 cm³/mol. The monoisotopic (exact) mass is 286 g/mol. The van der Waals surface area contributed by atoms with Crippen molar-refractivity contribution >= 4 is 27.3 Å². The van der Waals surface area contributed by atoms with Crippen molar-refractivity contribution in [1.82, 2.24) is 10.3 Å². The molecule has 0 amide bonds. The van der Waals surface area contributed by atoms with Crippen LogP contribution in [-0.2, 0) is 6.54 Å².